The van der Waals surface area contributed by atoms with Crippen LogP contribution in [-0.4, -0.2) is 9.78 Å². The van der Waals surface area contributed by atoms with Crippen LogP contribution in [0.25, 0.3) is 5.69 Å². The molecule has 4 heteroatoms. The summed E-state index contributed by atoms with van der Waals surface area (Å²) < 4.78 is 15.1. The molecule has 2 N–H and O–H groups in total. The van der Waals surface area contributed by atoms with Crippen molar-refractivity contribution < 1.29 is 4.39 Å². The average molecular weight is 245 g/mol. The Bertz CT molecular complexity index is 585. The van der Waals surface area contributed by atoms with Gasteiger partial charge in [0.2, 0.25) is 0 Å². The van der Waals surface area contributed by atoms with Gasteiger partial charge in [-0.15, -0.1) is 0 Å². The summed E-state index contributed by atoms with van der Waals surface area (Å²) in [6, 6.07) is 4.79. The van der Waals surface area contributed by atoms with Gasteiger partial charge in [-0.3, -0.25) is 0 Å². The number of halogens is 1. The molecule has 0 atom stereocenters. The molecule has 3 nitrogen and oxygen atoms in total. The van der Waals surface area contributed by atoms with E-state index >= 15 is 0 Å². The highest BCUT2D eigenvalue weighted by atomic mass is 19.1. The summed E-state index contributed by atoms with van der Waals surface area (Å²) in [5, 5.41) is 4.42. The normalized spacial score (nSPS) is 15.1. The molecule has 0 unspecified atom stereocenters. The van der Waals surface area contributed by atoms with Crippen LogP contribution in [0, 0.1) is 12.7 Å². The molecule has 0 bridgehead atoms. The van der Waals surface area contributed by atoms with E-state index in [1.807, 2.05) is 17.8 Å². The molecule has 1 aliphatic rings. The third-order valence-electron chi connectivity index (χ3n) is 3.46. The molecular formula is C14H16FN3. The van der Waals surface area contributed by atoms with Gasteiger partial charge in [-0.05, 0) is 43.5 Å². The van der Waals surface area contributed by atoms with Crippen molar-refractivity contribution in [3.05, 3.63) is 47.0 Å². The molecule has 0 radical (unpaired) electrons. The molecule has 94 valence electrons. The predicted molar refractivity (Wildman–Crippen MR) is 68.1 cm³/mol. The molecule has 1 saturated carbocycles. The number of hydrogen-bond donors (Lipinski definition) is 1. The first-order chi connectivity index (χ1) is 8.70. The largest absolute Gasteiger partial charge is 0.326 e. The zero-order valence-electron chi connectivity index (χ0n) is 10.4. The minimum absolute atomic E-state index is 0.213. The SMILES string of the molecule is Cc1cc(F)ccc1-n1ncc(CN)c1C1CC1. The summed E-state index contributed by atoms with van der Waals surface area (Å²) in [6.45, 7) is 2.41. The summed E-state index contributed by atoms with van der Waals surface area (Å²) >= 11 is 0. The van der Waals surface area contributed by atoms with Gasteiger partial charge in [0.05, 0.1) is 17.6 Å². The van der Waals surface area contributed by atoms with Gasteiger partial charge in [0.1, 0.15) is 5.82 Å². The van der Waals surface area contributed by atoms with Gasteiger partial charge < -0.3 is 5.73 Å². The van der Waals surface area contributed by atoms with Crippen molar-refractivity contribution in [1.82, 2.24) is 9.78 Å². The zero-order valence-corrected chi connectivity index (χ0v) is 10.4. The Kier molecular flexibility index (Phi) is 2.67. The summed E-state index contributed by atoms with van der Waals surface area (Å²) in [5.41, 5.74) is 9.89. The van der Waals surface area contributed by atoms with Crippen molar-refractivity contribution in [2.45, 2.75) is 32.2 Å². The molecule has 0 saturated heterocycles. The second-order valence-electron chi connectivity index (χ2n) is 4.88. The van der Waals surface area contributed by atoms with Gasteiger partial charge in [-0.25, -0.2) is 9.07 Å². The van der Waals surface area contributed by atoms with Crippen molar-refractivity contribution in [2.75, 3.05) is 0 Å². The molecular weight excluding hydrogens is 229 g/mol. The molecule has 2 aromatic rings. The summed E-state index contributed by atoms with van der Waals surface area (Å²) in [7, 11) is 0. The van der Waals surface area contributed by atoms with Gasteiger partial charge in [-0.2, -0.15) is 5.10 Å². The van der Waals surface area contributed by atoms with E-state index in [4.69, 9.17) is 5.73 Å². The van der Waals surface area contributed by atoms with E-state index in [1.165, 1.54) is 30.7 Å². The van der Waals surface area contributed by atoms with Crippen molar-refractivity contribution in [3.63, 3.8) is 0 Å². The van der Waals surface area contributed by atoms with Crippen LogP contribution in [0.15, 0.2) is 24.4 Å². The second-order valence-corrected chi connectivity index (χ2v) is 4.88. The Morgan fingerprint density at radius 2 is 2.22 bits per heavy atom. The van der Waals surface area contributed by atoms with E-state index in [-0.39, 0.29) is 5.82 Å². The first kappa shape index (κ1) is 11.4. The number of nitrogens with zero attached hydrogens (tertiary/aromatic N) is 2. The molecule has 18 heavy (non-hydrogen) atoms. The van der Waals surface area contributed by atoms with Gasteiger partial charge in [0, 0.05) is 18.0 Å². The molecule has 0 spiro atoms. The Morgan fingerprint density at radius 1 is 1.44 bits per heavy atom. The first-order valence-corrected chi connectivity index (χ1v) is 6.24. The Labute approximate surface area is 105 Å². The molecule has 1 heterocycles. The van der Waals surface area contributed by atoms with E-state index in [1.54, 1.807) is 6.07 Å². The van der Waals surface area contributed by atoms with Gasteiger partial charge in [0.25, 0.3) is 0 Å². The van der Waals surface area contributed by atoms with Crippen LogP contribution in [0.5, 0.6) is 0 Å². The number of aromatic nitrogens is 2. The number of hydrogen-bond acceptors (Lipinski definition) is 2. The smallest absolute Gasteiger partial charge is 0.123 e. The van der Waals surface area contributed by atoms with E-state index in [9.17, 15) is 4.39 Å². The molecule has 1 aliphatic carbocycles. The fourth-order valence-corrected chi connectivity index (χ4v) is 2.39. The van der Waals surface area contributed by atoms with Gasteiger partial charge in [0.15, 0.2) is 0 Å². The summed E-state index contributed by atoms with van der Waals surface area (Å²) in [6.07, 6.45) is 4.22. The van der Waals surface area contributed by atoms with Gasteiger partial charge >= 0.3 is 0 Å². The first-order valence-electron chi connectivity index (χ1n) is 6.24. The lowest BCUT2D eigenvalue weighted by molar-refractivity contribution is 0.625. The second kappa shape index (κ2) is 4.21. The van der Waals surface area contributed by atoms with Gasteiger partial charge in [-0.1, -0.05) is 0 Å². The van der Waals surface area contributed by atoms with Crippen LogP contribution < -0.4 is 5.73 Å². The van der Waals surface area contributed by atoms with Crippen LogP contribution in [0.3, 0.4) is 0 Å². The molecule has 1 aromatic heterocycles. The van der Waals surface area contributed by atoms with Crippen molar-refractivity contribution >= 4 is 0 Å². The maximum Gasteiger partial charge on any atom is 0.123 e. The molecule has 1 fully saturated rings. The summed E-state index contributed by atoms with van der Waals surface area (Å²) in [4.78, 5) is 0. The van der Waals surface area contributed by atoms with Crippen LogP contribution >= 0.6 is 0 Å². The van der Waals surface area contributed by atoms with Crippen molar-refractivity contribution in [3.8, 4) is 5.69 Å². The Hall–Kier alpha value is -1.68. The van der Waals surface area contributed by atoms with E-state index in [2.05, 4.69) is 5.10 Å². The fourth-order valence-electron chi connectivity index (χ4n) is 2.39. The van der Waals surface area contributed by atoms with E-state index in [0.29, 0.717) is 12.5 Å². The van der Waals surface area contributed by atoms with Crippen LogP contribution in [0.2, 0.25) is 0 Å². The number of nitrogens with two attached hydrogens (primary N) is 1. The number of benzene rings is 1. The van der Waals surface area contributed by atoms with Crippen LogP contribution in [0.4, 0.5) is 4.39 Å². The fraction of sp³-hybridized carbons (Fsp3) is 0.357. The lowest BCUT2D eigenvalue weighted by Crippen LogP contribution is -2.06. The molecule has 0 aliphatic heterocycles. The monoisotopic (exact) mass is 245 g/mol. The Morgan fingerprint density at radius 3 is 2.83 bits per heavy atom. The lowest BCUT2D eigenvalue weighted by Gasteiger charge is -2.11. The minimum atomic E-state index is -0.213. The van der Waals surface area contributed by atoms with E-state index in [0.717, 1.165) is 16.8 Å². The highest BCUT2D eigenvalue weighted by Crippen LogP contribution is 2.42. The topological polar surface area (TPSA) is 43.8 Å². The maximum absolute atomic E-state index is 13.2. The zero-order chi connectivity index (χ0) is 12.7. The molecule has 0 amide bonds. The third-order valence-corrected chi connectivity index (χ3v) is 3.46. The maximum atomic E-state index is 13.2. The summed E-state index contributed by atoms with van der Waals surface area (Å²) in [5.74, 6) is 0.353. The van der Waals surface area contributed by atoms with E-state index < -0.39 is 0 Å². The standard InChI is InChI=1S/C14H16FN3/c1-9-6-12(15)4-5-13(9)18-14(10-2-3-10)11(7-16)8-17-18/h4-6,8,10H,2-3,7,16H2,1H3. The van der Waals surface area contributed by atoms with Crippen LogP contribution in [-0.2, 0) is 6.54 Å². The average Bonchev–Trinajstić information content (AvgIpc) is 3.09. The highest BCUT2D eigenvalue weighted by Gasteiger charge is 2.30. The third kappa shape index (κ3) is 1.82. The quantitative estimate of drug-likeness (QED) is 0.903. The highest BCUT2D eigenvalue weighted by molar-refractivity contribution is 5.43. The molecule has 3 rings (SSSR count). The minimum Gasteiger partial charge on any atom is -0.326 e. The predicted octanol–water partition coefficient (Wildman–Crippen LogP) is 2.66. The Balaban J connectivity index is 2.13. The van der Waals surface area contributed by atoms with Crippen LogP contribution in [0.1, 0.15) is 35.6 Å². The lowest BCUT2D eigenvalue weighted by atomic mass is 10.1. The number of aryl methyl sites for hydroxylation is 1. The number of rotatable bonds is 3. The molecule has 1 aromatic carbocycles. The van der Waals surface area contributed by atoms with Crippen molar-refractivity contribution in [1.29, 1.82) is 0 Å². The van der Waals surface area contributed by atoms with Crippen molar-refractivity contribution in [2.24, 2.45) is 5.73 Å².